The van der Waals surface area contributed by atoms with Crippen molar-refractivity contribution >= 4 is 33.9 Å². The molecule has 0 radical (unpaired) electrons. The number of hydrogen-bond donors (Lipinski definition) is 2. The maximum absolute atomic E-state index is 5.46. The highest BCUT2D eigenvalue weighted by Gasteiger charge is 2.17. The Hall–Kier alpha value is -3.91. The lowest BCUT2D eigenvalue weighted by atomic mass is 10.1. The van der Waals surface area contributed by atoms with Crippen LogP contribution >= 0.6 is 0 Å². The van der Waals surface area contributed by atoms with Gasteiger partial charge in [0.2, 0.25) is 0 Å². The molecule has 0 aliphatic carbocycles. The SMILES string of the molecule is CCc1c(-c2cnc3cc[nH]c3c2)nc(Nc2ccc(N3CCOCC3)cc2)c2nccn12. The molecular weight excluding hydrogens is 414 g/mol. The number of benzene rings is 1. The number of H-pyrrole nitrogens is 1. The van der Waals surface area contributed by atoms with Crippen molar-refractivity contribution in [2.45, 2.75) is 13.3 Å². The summed E-state index contributed by atoms with van der Waals surface area (Å²) in [6.07, 6.45) is 8.43. The highest BCUT2D eigenvalue weighted by atomic mass is 16.5. The molecule has 8 nitrogen and oxygen atoms in total. The van der Waals surface area contributed by atoms with Crippen LogP contribution in [0.4, 0.5) is 17.2 Å². The van der Waals surface area contributed by atoms with Crippen molar-refractivity contribution in [2.24, 2.45) is 0 Å². The number of aromatic amines is 1. The predicted octanol–water partition coefficient (Wildman–Crippen LogP) is 4.42. The maximum atomic E-state index is 5.46. The van der Waals surface area contributed by atoms with Crippen LogP contribution in [0.2, 0.25) is 0 Å². The van der Waals surface area contributed by atoms with Gasteiger partial charge in [-0.2, -0.15) is 0 Å². The zero-order valence-electron chi connectivity index (χ0n) is 18.5. The molecule has 0 spiro atoms. The van der Waals surface area contributed by atoms with Gasteiger partial charge < -0.3 is 19.9 Å². The molecule has 8 heteroatoms. The quantitative estimate of drug-likeness (QED) is 0.422. The summed E-state index contributed by atoms with van der Waals surface area (Å²) in [4.78, 5) is 19.8. The van der Waals surface area contributed by atoms with Crippen LogP contribution in [-0.4, -0.2) is 50.6 Å². The Morgan fingerprint density at radius 3 is 2.76 bits per heavy atom. The number of fused-ring (bicyclic) bond motifs is 2. The van der Waals surface area contributed by atoms with Crippen LogP contribution in [0.25, 0.3) is 27.9 Å². The number of aromatic nitrogens is 5. The molecule has 166 valence electrons. The molecule has 33 heavy (non-hydrogen) atoms. The Morgan fingerprint density at radius 1 is 1.09 bits per heavy atom. The summed E-state index contributed by atoms with van der Waals surface area (Å²) in [5.74, 6) is 0.720. The third kappa shape index (κ3) is 3.58. The van der Waals surface area contributed by atoms with E-state index in [2.05, 4.69) is 66.8 Å². The van der Waals surface area contributed by atoms with Gasteiger partial charge in [-0.15, -0.1) is 0 Å². The fourth-order valence-electron chi connectivity index (χ4n) is 4.47. The van der Waals surface area contributed by atoms with E-state index in [0.29, 0.717) is 0 Å². The monoisotopic (exact) mass is 439 g/mol. The van der Waals surface area contributed by atoms with Crippen LogP contribution in [-0.2, 0) is 11.2 Å². The van der Waals surface area contributed by atoms with Crippen molar-refractivity contribution in [3.63, 3.8) is 0 Å². The molecule has 1 aliphatic rings. The largest absolute Gasteiger partial charge is 0.378 e. The van der Waals surface area contributed by atoms with Crippen LogP contribution in [0.1, 0.15) is 12.6 Å². The summed E-state index contributed by atoms with van der Waals surface area (Å²) in [7, 11) is 0. The zero-order valence-corrected chi connectivity index (χ0v) is 18.5. The number of nitrogens with one attached hydrogen (secondary N) is 2. The third-order valence-electron chi connectivity index (χ3n) is 6.15. The molecule has 0 unspecified atom stereocenters. The van der Waals surface area contributed by atoms with Gasteiger partial charge >= 0.3 is 0 Å². The van der Waals surface area contributed by atoms with Gasteiger partial charge in [0, 0.05) is 54.8 Å². The first-order chi connectivity index (χ1) is 16.3. The van der Waals surface area contributed by atoms with E-state index in [1.165, 1.54) is 5.69 Å². The molecule has 0 saturated carbocycles. The van der Waals surface area contributed by atoms with E-state index >= 15 is 0 Å². The number of aryl methyl sites for hydroxylation is 1. The Kier molecular flexibility index (Phi) is 4.92. The molecule has 5 heterocycles. The first-order valence-corrected chi connectivity index (χ1v) is 11.3. The maximum Gasteiger partial charge on any atom is 0.180 e. The van der Waals surface area contributed by atoms with Crippen molar-refractivity contribution in [1.82, 2.24) is 24.3 Å². The second kappa shape index (κ2) is 8.22. The lowest BCUT2D eigenvalue weighted by molar-refractivity contribution is 0.122. The summed E-state index contributed by atoms with van der Waals surface area (Å²) in [6.45, 7) is 5.53. The predicted molar refractivity (Wildman–Crippen MR) is 130 cm³/mol. The Balaban J connectivity index is 1.39. The number of pyridine rings is 1. The van der Waals surface area contributed by atoms with Gasteiger partial charge in [-0.05, 0) is 42.8 Å². The molecule has 0 atom stereocenters. The normalized spacial score (nSPS) is 14.3. The van der Waals surface area contributed by atoms with Gasteiger partial charge in [-0.3, -0.25) is 9.38 Å². The highest BCUT2D eigenvalue weighted by Crippen LogP contribution is 2.30. The second-order valence-electron chi connectivity index (χ2n) is 8.14. The fraction of sp³-hybridized carbons (Fsp3) is 0.240. The molecule has 0 amide bonds. The summed E-state index contributed by atoms with van der Waals surface area (Å²) in [6, 6.07) is 12.5. The first-order valence-electron chi connectivity index (χ1n) is 11.3. The molecule has 1 saturated heterocycles. The minimum absolute atomic E-state index is 0.720. The Labute approximate surface area is 191 Å². The number of nitrogens with zero attached hydrogens (tertiary/aromatic N) is 5. The van der Waals surface area contributed by atoms with E-state index in [4.69, 9.17) is 9.72 Å². The molecule has 0 bridgehead atoms. The van der Waals surface area contributed by atoms with Crippen LogP contribution in [0.3, 0.4) is 0 Å². The van der Waals surface area contributed by atoms with Crippen LogP contribution in [0.5, 0.6) is 0 Å². The number of rotatable bonds is 5. The molecule has 1 aromatic carbocycles. The van der Waals surface area contributed by atoms with Crippen LogP contribution in [0.15, 0.2) is 61.2 Å². The van der Waals surface area contributed by atoms with Crippen molar-refractivity contribution in [3.8, 4) is 11.3 Å². The van der Waals surface area contributed by atoms with Crippen molar-refractivity contribution in [3.05, 3.63) is 66.9 Å². The molecule has 4 aromatic heterocycles. The number of imidazole rings is 1. The van der Waals surface area contributed by atoms with Gasteiger partial charge in [0.25, 0.3) is 0 Å². The lowest BCUT2D eigenvalue weighted by Crippen LogP contribution is -2.36. The van der Waals surface area contributed by atoms with E-state index < -0.39 is 0 Å². The molecule has 6 rings (SSSR count). The van der Waals surface area contributed by atoms with Crippen molar-refractivity contribution < 1.29 is 4.74 Å². The summed E-state index contributed by atoms with van der Waals surface area (Å²) >= 11 is 0. The van der Waals surface area contributed by atoms with E-state index in [0.717, 1.165) is 77.9 Å². The summed E-state index contributed by atoms with van der Waals surface area (Å²) in [5, 5.41) is 3.49. The van der Waals surface area contributed by atoms with Crippen molar-refractivity contribution in [2.75, 3.05) is 36.5 Å². The molecule has 1 aliphatic heterocycles. The van der Waals surface area contributed by atoms with E-state index in [1.54, 1.807) is 0 Å². The Morgan fingerprint density at radius 2 is 1.94 bits per heavy atom. The zero-order chi connectivity index (χ0) is 22.2. The topological polar surface area (TPSA) is 83.4 Å². The molecular formula is C25H25N7O. The van der Waals surface area contributed by atoms with Crippen LogP contribution in [0, 0.1) is 0 Å². The average Bonchev–Trinajstić information content (AvgIpc) is 3.54. The van der Waals surface area contributed by atoms with Gasteiger partial charge in [-0.1, -0.05) is 6.92 Å². The van der Waals surface area contributed by atoms with E-state index in [9.17, 15) is 0 Å². The van der Waals surface area contributed by atoms with Gasteiger partial charge in [0.1, 0.15) is 0 Å². The van der Waals surface area contributed by atoms with Gasteiger partial charge in [0.05, 0.1) is 35.6 Å². The van der Waals surface area contributed by atoms with Gasteiger partial charge in [0.15, 0.2) is 11.5 Å². The summed E-state index contributed by atoms with van der Waals surface area (Å²) < 4.78 is 7.58. The number of anilines is 3. The van der Waals surface area contributed by atoms with Crippen LogP contribution < -0.4 is 10.2 Å². The average molecular weight is 440 g/mol. The fourth-order valence-corrected chi connectivity index (χ4v) is 4.47. The Bertz CT molecular complexity index is 1410. The first kappa shape index (κ1) is 19.8. The standard InChI is InChI=1S/C25H25N7O/c1-2-22-23(17-15-21-20(28-16-17)7-8-26-21)30-24(25-27-9-10-32(22)25)29-18-3-5-19(6-4-18)31-11-13-33-14-12-31/h3-10,15-16,26H,2,11-14H2,1H3,(H,29,30). The third-order valence-corrected chi connectivity index (χ3v) is 6.15. The van der Waals surface area contributed by atoms with E-state index in [1.807, 2.05) is 30.9 Å². The molecule has 1 fully saturated rings. The smallest absolute Gasteiger partial charge is 0.180 e. The van der Waals surface area contributed by atoms with Crippen molar-refractivity contribution in [1.29, 1.82) is 0 Å². The number of morpholine rings is 1. The second-order valence-corrected chi connectivity index (χ2v) is 8.14. The number of hydrogen-bond acceptors (Lipinski definition) is 6. The van der Waals surface area contributed by atoms with Gasteiger partial charge in [-0.25, -0.2) is 9.97 Å². The molecule has 2 N–H and O–H groups in total. The minimum Gasteiger partial charge on any atom is -0.378 e. The van der Waals surface area contributed by atoms with E-state index in [-0.39, 0.29) is 0 Å². The minimum atomic E-state index is 0.720. The number of ether oxygens (including phenoxy) is 1. The highest BCUT2D eigenvalue weighted by molar-refractivity contribution is 5.82. The molecule has 5 aromatic rings. The summed E-state index contributed by atoms with van der Waals surface area (Å²) in [5.41, 5.74) is 7.90. The lowest BCUT2D eigenvalue weighted by Gasteiger charge is -2.28.